The highest BCUT2D eigenvalue weighted by Crippen LogP contribution is 2.27. The van der Waals surface area contributed by atoms with Gasteiger partial charge in [-0.3, -0.25) is 9.48 Å². The van der Waals surface area contributed by atoms with Gasteiger partial charge >= 0.3 is 0 Å². The van der Waals surface area contributed by atoms with Crippen molar-refractivity contribution in [2.24, 2.45) is 0 Å². The van der Waals surface area contributed by atoms with Crippen LogP contribution in [-0.4, -0.2) is 28.3 Å². The molecule has 0 spiro atoms. The van der Waals surface area contributed by atoms with Gasteiger partial charge in [0.05, 0.1) is 18.2 Å². The zero-order valence-electron chi connectivity index (χ0n) is 12.2. The van der Waals surface area contributed by atoms with Crippen molar-refractivity contribution >= 4 is 5.78 Å². The minimum Gasteiger partial charge on any atom is -0.371 e. The van der Waals surface area contributed by atoms with Crippen molar-refractivity contribution in [3.63, 3.8) is 0 Å². The molecular weight excluding hydrogens is 240 g/mol. The van der Waals surface area contributed by atoms with Gasteiger partial charge in [-0.05, 0) is 32.8 Å². The van der Waals surface area contributed by atoms with Gasteiger partial charge in [-0.1, -0.05) is 19.3 Å². The van der Waals surface area contributed by atoms with Crippen LogP contribution in [0.25, 0.3) is 0 Å². The van der Waals surface area contributed by atoms with Crippen molar-refractivity contribution in [1.82, 2.24) is 9.78 Å². The number of carbonyl (C=O) groups is 1. The molecular formula is C15H24N2O2. The molecule has 1 heterocycles. The molecule has 0 atom stereocenters. The largest absolute Gasteiger partial charge is 0.371 e. The lowest BCUT2D eigenvalue weighted by Gasteiger charge is -2.22. The molecule has 0 aromatic carbocycles. The summed E-state index contributed by atoms with van der Waals surface area (Å²) in [5.41, 5.74) is 0.120. The number of ether oxygens (including phenoxy) is 1. The third kappa shape index (κ3) is 3.44. The molecule has 19 heavy (non-hydrogen) atoms. The van der Waals surface area contributed by atoms with Crippen molar-refractivity contribution in [3.05, 3.63) is 18.0 Å². The topological polar surface area (TPSA) is 44.1 Å². The highest BCUT2D eigenvalue weighted by molar-refractivity contribution is 5.88. The van der Waals surface area contributed by atoms with E-state index in [0.717, 1.165) is 5.69 Å². The second-order valence-corrected chi connectivity index (χ2v) is 5.89. The molecule has 0 bridgehead atoms. The van der Waals surface area contributed by atoms with Gasteiger partial charge in [-0.15, -0.1) is 0 Å². The first-order valence-corrected chi connectivity index (χ1v) is 7.15. The molecule has 1 aromatic heterocycles. The van der Waals surface area contributed by atoms with Crippen LogP contribution in [0.15, 0.2) is 12.3 Å². The number of ketones is 1. The number of methoxy groups -OCH3 is 1. The maximum atomic E-state index is 12.1. The first-order valence-electron chi connectivity index (χ1n) is 7.15. The van der Waals surface area contributed by atoms with Crippen LogP contribution < -0.4 is 0 Å². The molecule has 4 nitrogen and oxygen atoms in total. The van der Waals surface area contributed by atoms with E-state index < -0.39 is 5.60 Å². The van der Waals surface area contributed by atoms with Gasteiger partial charge in [-0.25, -0.2) is 0 Å². The smallest absolute Gasteiger partial charge is 0.170 e. The fourth-order valence-electron chi connectivity index (χ4n) is 2.51. The zero-order valence-corrected chi connectivity index (χ0v) is 12.2. The molecule has 4 heteroatoms. The van der Waals surface area contributed by atoms with E-state index in [1.54, 1.807) is 21.0 Å². The van der Waals surface area contributed by atoms with Crippen molar-refractivity contribution in [2.75, 3.05) is 7.11 Å². The molecule has 1 aromatic rings. The van der Waals surface area contributed by atoms with Gasteiger partial charge in [-0.2, -0.15) is 5.10 Å². The summed E-state index contributed by atoms with van der Waals surface area (Å²) in [5, 5.41) is 4.56. The van der Waals surface area contributed by atoms with E-state index in [4.69, 9.17) is 4.74 Å². The van der Waals surface area contributed by atoms with Crippen LogP contribution in [0.3, 0.4) is 0 Å². The Morgan fingerprint density at radius 3 is 2.74 bits per heavy atom. The summed E-state index contributed by atoms with van der Waals surface area (Å²) in [5.74, 6) is 0.0731. The Balaban J connectivity index is 1.99. The second-order valence-electron chi connectivity index (χ2n) is 5.89. The summed E-state index contributed by atoms with van der Waals surface area (Å²) in [6, 6.07) is 2.48. The number of nitrogens with zero attached hydrogens (tertiary/aromatic N) is 2. The minimum absolute atomic E-state index is 0.0731. The van der Waals surface area contributed by atoms with Crippen LogP contribution in [0.4, 0.5) is 0 Å². The summed E-state index contributed by atoms with van der Waals surface area (Å²) >= 11 is 0. The first kappa shape index (κ1) is 14.3. The lowest BCUT2D eigenvalue weighted by molar-refractivity contribution is -0.136. The molecule has 0 unspecified atom stereocenters. The fourth-order valence-corrected chi connectivity index (χ4v) is 2.51. The quantitative estimate of drug-likeness (QED) is 0.821. The summed E-state index contributed by atoms with van der Waals surface area (Å²) in [6.07, 6.45) is 8.69. The molecule has 0 amide bonds. The van der Waals surface area contributed by atoms with Crippen molar-refractivity contribution in [3.8, 4) is 0 Å². The normalized spacial score (nSPS) is 17.6. The minimum atomic E-state index is -0.728. The van der Waals surface area contributed by atoms with Crippen LogP contribution in [-0.2, 0) is 16.0 Å². The highest BCUT2D eigenvalue weighted by atomic mass is 16.5. The molecule has 0 saturated heterocycles. The van der Waals surface area contributed by atoms with E-state index in [-0.39, 0.29) is 5.78 Å². The van der Waals surface area contributed by atoms with Crippen LogP contribution in [0.2, 0.25) is 0 Å². The van der Waals surface area contributed by atoms with Gasteiger partial charge in [0, 0.05) is 13.3 Å². The van der Waals surface area contributed by atoms with Crippen LogP contribution in [0, 0.1) is 0 Å². The van der Waals surface area contributed by atoms with Crippen LogP contribution in [0.5, 0.6) is 0 Å². The Hall–Kier alpha value is -1.16. The maximum Gasteiger partial charge on any atom is 0.170 e. The highest BCUT2D eigenvalue weighted by Gasteiger charge is 2.27. The Morgan fingerprint density at radius 2 is 2.11 bits per heavy atom. The number of carbonyl (C=O) groups excluding carboxylic acids is 1. The van der Waals surface area contributed by atoms with Crippen LogP contribution in [0.1, 0.15) is 57.7 Å². The van der Waals surface area contributed by atoms with E-state index in [0.29, 0.717) is 12.5 Å². The predicted molar refractivity (Wildman–Crippen MR) is 74.1 cm³/mol. The third-order valence-corrected chi connectivity index (χ3v) is 4.14. The number of hydrogen-bond donors (Lipinski definition) is 0. The number of Topliss-reactive ketones (excluding diaryl/α,β-unsaturated/α-hetero) is 1. The van der Waals surface area contributed by atoms with E-state index in [1.807, 2.05) is 16.9 Å². The molecule has 1 saturated carbocycles. The lowest BCUT2D eigenvalue weighted by Crippen LogP contribution is -2.35. The van der Waals surface area contributed by atoms with Crippen LogP contribution >= 0.6 is 0 Å². The molecule has 106 valence electrons. The van der Waals surface area contributed by atoms with E-state index >= 15 is 0 Å². The summed E-state index contributed by atoms with van der Waals surface area (Å²) in [6.45, 7) is 3.60. The Morgan fingerprint density at radius 1 is 1.42 bits per heavy atom. The van der Waals surface area contributed by atoms with Gasteiger partial charge in [0.15, 0.2) is 5.78 Å². The molecule has 1 fully saturated rings. The Kier molecular flexibility index (Phi) is 4.40. The molecule has 2 rings (SSSR count). The van der Waals surface area contributed by atoms with Crippen molar-refractivity contribution < 1.29 is 9.53 Å². The molecule has 0 aliphatic heterocycles. The SMILES string of the molecule is COC(C)(C)C(=O)Cc1ccn(C2CCCCC2)n1. The average molecular weight is 264 g/mol. The first-order chi connectivity index (χ1) is 9.03. The fraction of sp³-hybridized carbons (Fsp3) is 0.733. The summed E-state index contributed by atoms with van der Waals surface area (Å²) in [4.78, 5) is 12.1. The second kappa shape index (κ2) is 5.87. The van der Waals surface area contributed by atoms with Gasteiger partial charge < -0.3 is 4.74 Å². The molecule has 0 N–H and O–H groups in total. The standard InChI is InChI=1S/C15H24N2O2/c1-15(2,19-3)14(18)11-12-9-10-17(16-12)13-7-5-4-6-8-13/h9-10,13H,4-8,11H2,1-3H3. The predicted octanol–water partition coefficient (Wildman–Crippen LogP) is 2.92. The lowest BCUT2D eigenvalue weighted by atomic mass is 9.96. The molecule has 1 aliphatic rings. The number of rotatable bonds is 5. The van der Waals surface area contributed by atoms with Gasteiger partial charge in [0.1, 0.15) is 5.60 Å². The maximum absolute atomic E-state index is 12.1. The summed E-state index contributed by atoms with van der Waals surface area (Å²) < 4.78 is 7.25. The van der Waals surface area contributed by atoms with E-state index in [9.17, 15) is 4.79 Å². The van der Waals surface area contributed by atoms with Gasteiger partial charge in [0.25, 0.3) is 0 Å². The van der Waals surface area contributed by atoms with E-state index in [2.05, 4.69) is 5.10 Å². The van der Waals surface area contributed by atoms with Gasteiger partial charge in [0.2, 0.25) is 0 Å². The monoisotopic (exact) mass is 264 g/mol. The Bertz CT molecular complexity index is 431. The number of aromatic nitrogens is 2. The van der Waals surface area contributed by atoms with E-state index in [1.165, 1.54) is 32.1 Å². The average Bonchev–Trinajstić information content (AvgIpc) is 2.88. The number of hydrogen-bond acceptors (Lipinski definition) is 3. The molecule has 1 aliphatic carbocycles. The van der Waals surface area contributed by atoms with Crippen molar-refractivity contribution in [1.29, 1.82) is 0 Å². The summed E-state index contributed by atoms with van der Waals surface area (Å²) in [7, 11) is 1.57. The third-order valence-electron chi connectivity index (χ3n) is 4.14. The molecule has 0 radical (unpaired) electrons. The Labute approximate surface area is 115 Å². The zero-order chi connectivity index (χ0) is 13.9. The van der Waals surface area contributed by atoms with Crippen molar-refractivity contribution in [2.45, 2.75) is 64.0 Å².